The number of benzene rings is 1. The maximum absolute atomic E-state index is 6.07. The van der Waals surface area contributed by atoms with Gasteiger partial charge < -0.3 is 10.6 Å². The van der Waals surface area contributed by atoms with Crippen LogP contribution in [0.4, 0.5) is 5.69 Å². The molecule has 76 valence electrons. The van der Waals surface area contributed by atoms with Gasteiger partial charge in [-0.3, -0.25) is 0 Å². The second-order valence-corrected chi connectivity index (χ2v) is 4.17. The third-order valence-corrected chi connectivity index (χ3v) is 3.00. The third-order valence-electron chi connectivity index (χ3n) is 2.67. The Hall–Kier alpha value is -0.730. The number of nitrogens with one attached hydrogen (secondary N) is 1. The van der Waals surface area contributed by atoms with Gasteiger partial charge in [-0.2, -0.15) is 0 Å². The van der Waals surface area contributed by atoms with E-state index in [9.17, 15) is 0 Å². The first kappa shape index (κ1) is 9.81. The van der Waals surface area contributed by atoms with Crippen molar-refractivity contribution in [3.8, 4) is 0 Å². The summed E-state index contributed by atoms with van der Waals surface area (Å²) < 4.78 is 0. The molecule has 0 amide bonds. The zero-order valence-electron chi connectivity index (χ0n) is 8.17. The lowest BCUT2D eigenvalue weighted by Crippen LogP contribution is -2.87. The van der Waals surface area contributed by atoms with Crippen LogP contribution in [0.15, 0.2) is 24.3 Å². The summed E-state index contributed by atoms with van der Waals surface area (Å²) >= 11 is 6.07. The fraction of sp³-hybridized carbons (Fsp3) is 0.455. The monoisotopic (exact) mass is 211 g/mol. The van der Waals surface area contributed by atoms with Gasteiger partial charge in [0, 0.05) is 18.9 Å². The molecule has 2 nitrogen and oxygen atoms in total. The maximum Gasteiger partial charge on any atom is 0.0775 e. The highest BCUT2D eigenvalue weighted by Crippen LogP contribution is 2.22. The fourth-order valence-electron chi connectivity index (χ4n) is 1.87. The minimum absolute atomic E-state index is 0.597. The highest BCUT2D eigenvalue weighted by molar-refractivity contribution is 6.33. The number of para-hydroxylation sites is 1. The number of nitrogens with two attached hydrogens (primary N) is 1. The van der Waals surface area contributed by atoms with E-state index in [1.54, 1.807) is 0 Å². The van der Waals surface area contributed by atoms with Gasteiger partial charge in [0.15, 0.2) is 0 Å². The first-order valence-electron chi connectivity index (χ1n) is 5.19. The van der Waals surface area contributed by atoms with Crippen LogP contribution in [0.2, 0.25) is 5.02 Å². The highest BCUT2D eigenvalue weighted by Gasteiger charge is 2.15. The summed E-state index contributed by atoms with van der Waals surface area (Å²) in [6.45, 7) is 2.45. The molecule has 1 aliphatic rings. The molecule has 3 N–H and O–H groups in total. The molecule has 1 heterocycles. The molecule has 14 heavy (non-hydrogen) atoms. The van der Waals surface area contributed by atoms with Crippen molar-refractivity contribution in [2.75, 3.05) is 18.4 Å². The molecule has 0 aliphatic carbocycles. The van der Waals surface area contributed by atoms with Crippen LogP contribution >= 0.6 is 11.6 Å². The first-order valence-corrected chi connectivity index (χ1v) is 5.57. The van der Waals surface area contributed by atoms with Gasteiger partial charge in [0.2, 0.25) is 0 Å². The van der Waals surface area contributed by atoms with Crippen molar-refractivity contribution >= 4 is 17.3 Å². The third kappa shape index (κ3) is 2.40. The van der Waals surface area contributed by atoms with Crippen molar-refractivity contribution < 1.29 is 5.32 Å². The van der Waals surface area contributed by atoms with Crippen LogP contribution in [-0.4, -0.2) is 19.1 Å². The second kappa shape index (κ2) is 4.67. The smallest absolute Gasteiger partial charge is 0.0775 e. The molecule has 0 aromatic heterocycles. The molecule has 1 aromatic carbocycles. The summed E-state index contributed by atoms with van der Waals surface area (Å²) in [4.78, 5) is 0. The standard InChI is InChI=1S/C11H15ClN2/c12-10-3-1-2-4-11(10)14-9-5-7-13-8-6-9/h1-4,9,13-14H,5-8H2/p+1. The molecule has 0 radical (unpaired) electrons. The van der Waals surface area contributed by atoms with Gasteiger partial charge in [0.1, 0.15) is 0 Å². The summed E-state index contributed by atoms with van der Waals surface area (Å²) in [5, 5.41) is 6.68. The Morgan fingerprint density at radius 3 is 2.64 bits per heavy atom. The Morgan fingerprint density at radius 2 is 1.93 bits per heavy atom. The molecule has 1 saturated heterocycles. The van der Waals surface area contributed by atoms with Gasteiger partial charge in [-0.15, -0.1) is 0 Å². The molecule has 0 spiro atoms. The second-order valence-electron chi connectivity index (χ2n) is 3.76. The molecule has 0 atom stereocenters. The molecule has 2 rings (SSSR count). The first-order chi connectivity index (χ1) is 6.86. The number of piperidine rings is 1. The van der Waals surface area contributed by atoms with Crippen LogP contribution < -0.4 is 10.6 Å². The zero-order chi connectivity index (χ0) is 9.80. The van der Waals surface area contributed by atoms with E-state index < -0.39 is 0 Å². The molecule has 0 bridgehead atoms. The predicted molar refractivity (Wildman–Crippen MR) is 59.8 cm³/mol. The summed E-state index contributed by atoms with van der Waals surface area (Å²) in [5.41, 5.74) is 1.07. The van der Waals surface area contributed by atoms with Crippen molar-refractivity contribution in [1.29, 1.82) is 0 Å². The Morgan fingerprint density at radius 1 is 1.21 bits per heavy atom. The van der Waals surface area contributed by atoms with Gasteiger partial charge >= 0.3 is 0 Å². The SMILES string of the molecule is Clc1ccccc1NC1CC[NH2+]CC1. The number of anilines is 1. The quantitative estimate of drug-likeness (QED) is 0.763. The lowest BCUT2D eigenvalue weighted by molar-refractivity contribution is -0.662. The van der Waals surface area contributed by atoms with E-state index in [4.69, 9.17) is 11.6 Å². The van der Waals surface area contributed by atoms with Crippen LogP contribution in [0.25, 0.3) is 0 Å². The Bertz CT molecular complexity index is 295. The van der Waals surface area contributed by atoms with Crippen LogP contribution in [0.5, 0.6) is 0 Å². The average molecular weight is 212 g/mol. The van der Waals surface area contributed by atoms with Gasteiger partial charge in [0.25, 0.3) is 0 Å². The van der Waals surface area contributed by atoms with Crippen molar-refractivity contribution in [2.24, 2.45) is 0 Å². The van der Waals surface area contributed by atoms with Gasteiger partial charge in [0.05, 0.1) is 23.8 Å². The molecule has 0 unspecified atom stereocenters. The van der Waals surface area contributed by atoms with Gasteiger partial charge in [-0.1, -0.05) is 23.7 Å². The zero-order valence-corrected chi connectivity index (χ0v) is 8.93. The van der Waals surface area contributed by atoms with Crippen LogP contribution in [0.3, 0.4) is 0 Å². The minimum Gasteiger partial charge on any atom is -0.381 e. The topological polar surface area (TPSA) is 28.6 Å². The molecule has 3 heteroatoms. The van der Waals surface area contributed by atoms with Crippen LogP contribution in [0, 0.1) is 0 Å². The van der Waals surface area contributed by atoms with Crippen molar-refractivity contribution in [1.82, 2.24) is 0 Å². The van der Waals surface area contributed by atoms with E-state index in [0.717, 1.165) is 10.7 Å². The molecule has 0 saturated carbocycles. The summed E-state index contributed by atoms with van der Waals surface area (Å²) in [6.07, 6.45) is 2.45. The van der Waals surface area contributed by atoms with Crippen molar-refractivity contribution in [3.63, 3.8) is 0 Å². The summed E-state index contributed by atoms with van der Waals surface area (Å²) in [5.74, 6) is 0. The van der Waals surface area contributed by atoms with E-state index in [-0.39, 0.29) is 0 Å². The Labute approximate surface area is 89.7 Å². The number of halogens is 1. The molecule has 1 fully saturated rings. The fourth-order valence-corrected chi connectivity index (χ4v) is 2.06. The normalized spacial score (nSPS) is 18.1. The number of hydrogen-bond acceptors (Lipinski definition) is 1. The molecular formula is C11H16ClN2+. The van der Waals surface area contributed by atoms with Crippen LogP contribution in [0.1, 0.15) is 12.8 Å². The molecular weight excluding hydrogens is 196 g/mol. The highest BCUT2D eigenvalue weighted by atomic mass is 35.5. The lowest BCUT2D eigenvalue weighted by atomic mass is 10.1. The average Bonchev–Trinajstić information content (AvgIpc) is 2.23. The largest absolute Gasteiger partial charge is 0.381 e. The van der Waals surface area contributed by atoms with E-state index in [2.05, 4.69) is 10.6 Å². The number of rotatable bonds is 2. The van der Waals surface area contributed by atoms with Gasteiger partial charge in [-0.05, 0) is 12.1 Å². The number of hydrogen-bond donors (Lipinski definition) is 2. The summed E-state index contributed by atoms with van der Waals surface area (Å²) in [7, 11) is 0. The van der Waals surface area contributed by atoms with Crippen LogP contribution in [-0.2, 0) is 0 Å². The van der Waals surface area contributed by atoms with E-state index in [0.29, 0.717) is 6.04 Å². The predicted octanol–water partition coefficient (Wildman–Crippen LogP) is 1.48. The maximum atomic E-state index is 6.07. The molecule has 1 aliphatic heterocycles. The lowest BCUT2D eigenvalue weighted by Gasteiger charge is -2.23. The van der Waals surface area contributed by atoms with Gasteiger partial charge in [-0.25, -0.2) is 0 Å². The van der Waals surface area contributed by atoms with Crippen molar-refractivity contribution in [3.05, 3.63) is 29.3 Å². The van der Waals surface area contributed by atoms with Crippen molar-refractivity contribution in [2.45, 2.75) is 18.9 Å². The van der Waals surface area contributed by atoms with E-state index in [1.807, 2.05) is 24.3 Å². The Balaban J connectivity index is 1.99. The van der Waals surface area contributed by atoms with E-state index >= 15 is 0 Å². The Kier molecular flexibility index (Phi) is 3.27. The van der Waals surface area contributed by atoms with E-state index in [1.165, 1.54) is 25.9 Å². The molecule has 1 aromatic rings. The minimum atomic E-state index is 0.597. The number of quaternary nitrogens is 1. The summed E-state index contributed by atoms with van der Waals surface area (Å²) in [6, 6.07) is 8.55.